The highest BCUT2D eigenvalue weighted by molar-refractivity contribution is 6.42. The van der Waals surface area contributed by atoms with Gasteiger partial charge in [-0.15, -0.1) is 0 Å². The van der Waals surface area contributed by atoms with E-state index in [1.807, 2.05) is 63.2 Å². The molecular formula is C25H20Cl2O3. The minimum atomic E-state index is -0.190. The molecule has 3 nitrogen and oxygen atoms in total. The van der Waals surface area contributed by atoms with E-state index in [9.17, 15) is 4.79 Å². The Morgan fingerprint density at radius 2 is 1.60 bits per heavy atom. The Hall–Kier alpha value is -2.75. The molecule has 4 aromatic rings. The fourth-order valence-electron chi connectivity index (χ4n) is 3.48. The Kier molecular flexibility index (Phi) is 5.59. The minimum Gasteiger partial charge on any atom is -0.481 e. The first-order valence-electron chi connectivity index (χ1n) is 9.55. The Balaban J connectivity index is 1.87. The number of benzene rings is 3. The van der Waals surface area contributed by atoms with Crippen LogP contribution < -0.4 is 10.2 Å². The van der Waals surface area contributed by atoms with Gasteiger partial charge in [0.15, 0.2) is 5.76 Å². The van der Waals surface area contributed by atoms with Crippen molar-refractivity contribution < 1.29 is 9.15 Å². The van der Waals surface area contributed by atoms with E-state index < -0.39 is 0 Å². The van der Waals surface area contributed by atoms with Gasteiger partial charge in [-0.05, 0) is 55.7 Å². The minimum absolute atomic E-state index is 0.164. The lowest BCUT2D eigenvalue weighted by Gasteiger charge is -2.13. The molecule has 0 amide bonds. The lowest BCUT2D eigenvalue weighted by atomic mass is 10.0. The van der Waals surface area contributed by atoms with Crippen LogP contribution in [0.4, 0.5) is 0 Å². The molecule has 0 fully saturated rings. The Labute approximate surface area is 184 Å². The zero-order valence-electron chi connectivity index (χ0n) is 16.9. The fraction of sp³-hybridized carbons (Fsp3) is 0.160. The normalized spacial score (nSPS) is 11.1. The van der Waals surface area contributed by atoms with Gasteiger partial charge in [0.25, 0.3) is 0 Å². The molecule has 1 aromatic heterocycles. The summed E-state index contributed by atoms with van der Waals surface area (Å²) in [5.41, 5.74) is 4.95. The van der Waals surface area contributed by atoms with Gasteiger partial charge < -0.3 is 9.15 Å². The number of ether oxygens (including phenoxy) is 1. The number of hydrogen-bond acceptors (Lipinski definition) is 3. The van der Waals surface area contributed by atoms with Crippen LogP contribution in [0, 0.1) is 20.8 Å². The third kappa shape index (κ3) is 3.96. The summed E-state index contributed by atoms with van der Waals surface area (Å²) in [6.45, 7) is 6.05. The predicted molar refractivity (Wildman–Crippen MR) is 123 cm³/mol. The summed E-state index contributed by atoms with van der Waals surface area (Å²) in [5, 5.41) is 1.44. The van der Waals surface area contributed by atoms with Gasteiger partial charge in [0, 0.05) is 5.56 Å². The molecule has 0 atom stereocenters. The summed E-state index contributed by atoms with van der Waals surface area (Å²) in [5.74, 6) is 0.599. The molecule has 4 rings (SSSR count). The number of rotatable bonds is 4. The maximum absolute atomic E-state index is 13.4. The van der Waals surface area contributed by atoms with E-state index in [1.54, 1.807) is 12.1 Å². The van der Waals surface area contributed by atoms with E-state index in [0.29, 0.717) is 26.8 Å². The van der Waals surface area contributed by atoms with Crippen molar-refractivity contribution in [1.82, 2.24) is 0 Å². The summed E-state index contributed by atoms with van der Waals surface area (Å²) in [6, 6.07) is 16.9. The molecule has 0 bridgehead atoms. The average molecular weight is 439 g/mol. The smallest absolute Gasteiger partial charge is 0.235 e. The summed E-state index contributed by atoms with van der Waals surface area (Å²) in [4.78, 5) is 13.4. The van der Waals surface area contributed by atoms with Crippen molar-refractivity contribution in [3.05, 3.63) is 97.1 Å². The first kappa shape index (κ1) is 20.5. The molecule has 0 aliphatic rings. The highest BCUT2D eigenvalue weighted by Gasteiger charge is 2.19. The summed E-state index contributed by atoms with van der Waals surface area (Å²) in [7, 11) is 0. The third-order valence-corrected chi connectivity index (χ3v) is 5.72. The van der Waals surface area contributed by atoms with Gasteiger partial charge in [0.1, 0.15) is 12.2 Å². The van der Waals surface area contributed by atoms with Gasteiger partial charge in [0.05, 0.1) is 15.4 Å². The molecule has 1 heterocycles. The van der Waals surface area contributed by atoms with Crippen molar-refractivity contribution >= 4 is 34.2 Å². The van der Waals surface area contributed by atoms with Crippen LogP contribution in [0.5, 0.6) is 5.75 Å². The van der Waals surface area contributed by atoms with Crippen molar-refractivity contribution in [3.63, 3.8) is 0 Å². The van der Waals surface area contributed by atoms with Crippen LogP contribution in [-0.2, 0) is 6.61 Å². The fourth-order valence-corrected chi connectivity index (χ4v) is 3.80. The van der Waals surface area contributed by atoms with Crippen molar-refractivity contribution in [2.24, 2.45) is 0 Å². The maximum atomic E-state index is 13.4. The number of aryl methyl sites for hydroxylation is 3. The van der Waals surface area contributed by atoms with Crippen molar-refractivity contribution in [2.75, 3.05) is 0 Å². The van der Waals surface area contributed by atoms with Crippen LogP contribution in [0.2, 0.25) is 10.0 Å². The lowest BCUT2D eigenvalue weighted by Crippen LogP contribution is -2.11. The Morgan fingerprint density at radius 3 is 2.30 bits per heavy atom. The predicted octanol–water partition coefficient (Wildman–Crippen LogP) is 7.27. The largest absolute Gasteiger partial charge is 0.481 e. The highest BCUT2D eigenvalue weighted by Crippen LogP contribution is 2.33. The van der Waals surface area contributed by atoms with E-state index in [0.717, 1.165) is 27.8 Å². The molecule has 0 N–H and O–H groups in total. The Morgan fingerprint density at radius 1 is 0.867 bits per heavy atom. The third-order valence-electron chi connectivity index (χ3n) is 4.98. The van der Waals surface area contributed by atoms with Crippen LogP contribution in [0.15, 0.2) is 63.8 Å². The van der Waals surface area contributed by atoms with E-state index in [2.05, 4.69) is 0 Å². The second kappa shape index (κ2) is 8.17. The molecule has 152 valence electrons. The van der Waals surface area contributed by atoms with E-state index >= 15 is 0 Å². The van der Waals surface area contributed by atoms with Gasteiger partial charge in [-0.3, -0.25) is 4.79 Å². The van der Waals surface area contributed by atoms with Crippen LogP contribution in [-0.4, -0.2) is 0 Å². The van der Waals surface area contributed by atoms with E-state index in [-0.39, 0.29) is 17.8 Å². The first-order valence-corrected chi connectivity index (χ1v) is 10.3. The van der Waals surface area contributed by atoms with Crippen molar-refractivity contribution in [1.29, 1.82) is 0 Å². The van der Waals surface area contributed by atoms with Crippen molar-refractivity contribution in [2.45, 2.75) is 27.4 Å². The summed E-state index contributed by atoms with van der Waals surface area (Å²) in [6.07, 6.45) is 0. The van der Waals surface area contributed by atoms with Crippen molar-refractivity contribution in [3.8, 4) is 17.1 Å². The van der Waals surface area contributed by atoms with Gasteiger partial charge in [-0.2, -0.15) is 0 Å². The monoisotopic (exact) mass is 438 g/mol. The molecule has 3 aromatic carbocycles. The molecule has 0 unspecified atom stereocenters. The van der Waals surface area contributed by atoms with Crippen LogP contribution in [0.3, 0.4) is 0 Å². The molecule has 30 heavy (non-hydrogen) atoms. The quantitative estimate of drug-likeness (QED) is 0.336. The summed E-state index contributed by atoms with van der Waals surface area (Å²) < 4.78 is 12.2. The average Bonchev–Trinajstić information content (AvgIpc) is 2.69. The van der Waals surface area contributed by atoms with Gasteiger partial charge in [0.2, 0.25) is 11.2 Å². The van der Waals surface area contributed by atoms with E-state index in [4.69, 9.17) is 32.4 Å². The molecule has 0 saturated heterocycles. The van der Waals surface area contributed by atoms with Gasteiger partial charge in [-0.1, -0.05) is 65.2 Å². The highest BCUT2D eigenvalue weighted by atomic mass is 35.5. The SMILES string of the molecule is Cc1ccc(-c2oc3cc(C)cc(C)c3c(=O)c2OCc2ccc(Cl)c(Cl)c2)cc1. The molecule has 0 saturated carbocycles. The number of halogens is 2. The van der Waals surface area contributed by atoms with E-state index in [1.165, 1.54) is 0 Å². The van der Waals surface area contributed by atoms with Crippen LogP contribution in [0.1, 0.15) is 22.3 Å². The molecular weight excluding hydrogens is 419 g/mol. The molecule has 0 spiro atoms. The van der Waals surface area contributed by atoms with Crippen LogP contribution in [0.25, 0.3) is 22.3 Å². The molecule has 0 aliphatic carbocycles. The molecule has 0 radical (unpaired) electrons. The van der Waals surface area contributed by atoms with Gasteiger partial charge >= 0.3 is 0 Å². The summed E-state index contributed by atoms with van der Waals surface area (Å²) >= 11 is 12.1. The standard InChI is InChI=1S/C25H20Cl2O3/c1-14-4-7-18(8-5-14)24-25(29-13-17-6-9-19(26)20(27)12-17)23(28)22-16(3)10-15(2)11-21(22)30-24/h4-12H,13H2,1-3H3. The molecule has 5 heteroatoms. The zero-order chi connectivity index (χ0) is 21.4. The maximum Gasteiger partial charge on any atom is 0.235 e. The first-order chi connectivity index (χ1) is 14.3. The Bertz CT molecular complexity index is 1310. The van der Waals surface area contributed by atoms with Gasteiger partial charge in [-0.25, -0.2) is 0 Å². The topological polar surface area (TPSA) is 39.4 Å². The lowest BCUT2D eigenvalue weighted by molar-refractivity contribution is 0.298. The number of fused-ring (bicyclic) bond motifs is 1. The zero-order valence-corrected chi connectivity index (χ0v) is 18.4. The second-order valence-corrected chi connectivity index (χ2v) is 8.26. The second-order valence-electron chi connectivity index (χ2n) is 7.45. The number of hydrogen-bond donors (Lipinski definition) is 0. The van der Waals surface area contributed by atoms with Crippen LogP contribution >= 0.6 is 23.2 Å². The molecule has 0 aliphatic heterocycles.